The molecular formula is C11H16ClN3O2S. The summed E-state index contributed by atoms with van der Waals surface area (Å²) >= 11 is 5.83. The smallest absolute Gasteiger partial charge is 0.248 e. The minimum absolute atomic E-state index is 0.0827. The molecule has 0 aromatic carbocycles. The van der Waals surface area contributed by atoms with Crippen LogP contribution >= 0.6 is 11.6 Å². The highest BCUT2D eigenvalue weighted by Gasteiger charge is 2.25. The van der Waals surface area contributed by atoms with Gasteiger partial charge in [0.1, 0.15) is 5.15 Å². The highest BCUT2D eigenvalue weighted by Crippen LogP contribution is 2.18. The Morgan fingerprint density at radius 3 is 2.94 bits per heavy atom. The van der Waals surface area contributed by atoms with Gasteiger partial charge in [-0.05, 0) is 38.8 Å². The Bertz CT molecular complexity index is 527. The van der Waals surface area contributed by atoms with Gasteiger partial charge in [0.25, 0.3) is 0 Å². The fourth-order valence-corrected chi connectivity index (χ4v) is 3.68. The SMILES string of the molecule is Cc1cnc(S(=O)(=O)CC2CCCNC2)nc1Cl. The van der Waals surface area contributed by atoms with Gasteiger partial charge in [-0.25, -0.2) is 18.4 Å². The molecule has 0 aliphatic carbocycles. The summed E-state index contributed by atoms with van der Waals surface area (Å²) in [5, 5.41) is 3.23. The average molecular weight is 290 g/mol. The quantitative estimate of drug-likeness (QED) is 0.669. The Hall–Kier alpha value is -0.720. The molecule has 0 amide bonds. The standard InChI is InChI=1S/C11H16ClN3O2S/c1-8-5-14-11(15-10(8)12)18(16,17)7-9-3-2-4-13-6-9/h5,9,13H,2-4,6-7H2,1H3. The zero-order valence-electron chi connectivity index (χ0n) is 10.2. The molecule has 0 saturated carbocycles. The Morgan fingerprint density at radius 2 is 2.33 bits per heavy atom. The maximum Gasteiger partial charge on any atom is 0.248 e. The van der Waals surface area contributed by atoms with Crippen LogP contribution in [-0.2, 0) is 9.84 Å². The number of hydrogen-bond donors (Lipinski definition) is 1. The van der Waals surface area contributed by atoms with E-state index in [4.69, 9.17) is 11.6 Å². The number of sulfone groups is 1. The number of nitrogens with one attached hydrogen (secondary N) is 1. The van der Waals surface area contributed by atoms with Gasteiger partial charge in [0.05, 0.1) is 5.75 Å². The average Bonchev–Trinajstić information content (AvgIpc) is 2.33. The van der Waals surface area contributed by atoms with Crippen molar-refractivity contribution < 1.29 is 8.42 Å². The molecule has 5 nitrogen and oxygen atoms in total. The lowest BCUT2D eigenvalue weighted by atomic mass is 10.0. The van der Waals surface area contributed by atoms with Crippen molar-refractivity contribution in [3.05, 3.63) is 16.9 Å². The Kier molecular flexibility index (Phi) is 4.19. The van der Waals surface area contributed by atoms with Crippen molar-refractivity contribution in [2.45, 2.75) is 24.9 Å². The summed E-state index contributed by atoms with van der Waals surface area (Å²) in [7, 11) is -3.45. The Morgan fingerprint density at radius 1 is 1.56 bits per heavy atom. The second-order valence-corrected chi connectivity index (χ2v) is 6.91. The molecule has 1 aromatic heterocycles. The Labute approximate surface area is 112 Å². The van der Waals surface area contributed by atoms with Crippen molar-refractivity contribution in [3.8, 4) is 0 Å². The van der Waals surface area contributed by atoms with Crippen LogP contribution in [0.5, 0.6) is 0 Å². The second kappa shape index (κ2) is 5.50. The number of nitrogens with zero attached hydrogens (tertiary/aromatic N) is 2. The van der Waals surface area contributed by atoms with Crippen molar-refractivity contribution in [1.29, 1.82) is 0 Å². The Balaban J connectivity index is 2.16. The van der Waals surface area contributed by atoms with Crippen LogP contribution in [0.15, 0.2) is 11.4 Å². The second-order valence-electron chi connectivity index (χ2n) is 4.62. The summed E-state index contributed by atoms with van der Waals surface area (Å²) in [6, 6.07) is 0. The van der Waals surface area contributed by atoms with Gasteiger partial charge in [-0.2, -0.15) is 0 Å². The maximum atomic E-state index is 12.2. The van der Waals surface area contributed by atoms with Gasteiger partial charge in [-0.15, -0.1) is 0 Å². The molecule has 0 radical (unpaired) electrons. The van der Waals surface area contributed by atoms with Gasteiger partial charge in [0, 0.05) is 11.8 Å². The molecule has 2 heterocycles. The summed E-state index contributed by atoms with van der Waals surface area (Å²) in [6.45, 7) is 3.44. The topological polar surface area (TPSA) is 72.0 Å². The first-order valence-corrected chi connectivity index (χ1v) is 7.94. The van der Waals surface area contributed by atoms with Gasteiger partial charge < -0.3 is 5.32 Å². The molecule has 7 heteroatoms. The number of aryl methyl sites for hydroxylation is 1. The van der Waals surface area contributed by atoms with Crippen LogP contribution in [0.2, 0.25) is 5.15 Å². The third-order valence-electron chi connectivity index (χ3n) is 3.02. The van der Waals surface area contributed by atoms with Gasteiger partial charge in [0.15, 0.2) is 0 Å². The van der Waals surface area contributed by atoms with Crippen LogP contribution in [0.4, 0.5) is 0 Å². The van der Waals surface area contributed by atoms with E-state index in [0.717, 1.165) is 25.9 Å². The van der Waals surface area contributed by atoms with E-state index in [2.05, 4.69) is 15.3 Å². The van der Waals surface area contributed by atoms with Crippen LogP contribution in [0, 0.1) is 12.8 Å². The molecule has 1 aromatic rings. The highest BCUT2D eigenvalue weighted by atomic mass is 35.5. The van der Waals surface area contributed by atoms with Crippen LogP contribution < -0.4 is 5.32 Å². The molecule has 0 spiro atoms. The first-order valence-electron chi connectivity index (χ1n) is 5.91. The molecule has 1 N–H and O–H groups in total. The number of hydrogen-bond acceptors (Lipinski definition) is 5. The third kappa shape index (κ3) is 3.18. The zero-order valence-corrected chi connectivity index (χ0v) is 11.8. The third-order valence-corrected chi connectivity index (χ3v) is 5.07. The molecule has 1 atom stereocenters. The van der Waals surface area contributed by atoms with E-state index < -0.39 is 9.84 Å². The largest absolute Gasteiger partial charge is 0.316 e. The molecule has 2 rings (SSSR count). The van der Waals surface area contributed by atoms with Crippen molar-refractivity contribution in [2.75, 3.05) is 18.8 Å². The molecular weight excluding hydrogens is 274 g/mol. The fraction of sp³-hybridized carbons (Fsp3) is 0.636. The van der Waals surface area contributed by atoms with Crippen LogP contribution in [0.25, 0.3) is 0 Å². The van der Waals surface area contributed by atoms with E-state index in [0.29, 0.717) is 5.56 Å². The van der Waals surface area contributed by atoms with E-state index in [-0.39, 0.29) is 22.0 Å². The summed E-state index contributed by atoms with van der Waals surface area (Å²) in [4.78, 5) is 7.73. The molecule has 18 heavy (non-hydrogen) atoms. The van der Waals surface area contributed by atoms with Gasteiger partial charge in [-0.1, -0.05) is 11.6 Å². The van der Waals surface area contributed by atoms with Crippen LogP contribution in [-0.4, -0.2) is 37.2 Å². The lowest BCUT2D eigenvalue weighted by Crippen LogP contribution is -2.34. The molecule has 1 aliphatic rings. The van der Waals surface area contributed by atoms with Crippen LogP contribution in [0.1, 0.15) is 18.4 Å². The minimum Gasteiger partial charge on any atom is -0.316 e. The monoisotopic (exact) mass is 289 g/mol. The summed E-state index contributed by atoms with van der Waals surface area (Å²) in [5.74, 6) is 0.215. The first-order chi connectivity index (χ1) is 8.49. The van der Waals surface area contributed by atoms with Gasteiger partial charge in [-0.3, -0.25) is 0 Å². The number of halogens is 1. The normalized spacial score (nSPS) is 20.9. The number of rotatable bonds is 3. The van der Waals surface area contributed by atoms with Crippen LogP contribution in [0.3, 0.4) is 0 Å². The predicted octanol–water partition coefficient (Wildman–Crippen LogP) is 1.21. The van der Waals surface area contributed by atoms with Crippen molar-refractivity contribution in [2.24, 2.45) is 5.92 Å². The minimum atomic E-state index is -3.45. The predicted molar refractivity (Wildman–Crippen MR) is 69.4 cm³/mol. The number of piperidine rings is 1. The summed E-state index contributed by atoms with van der Waals surface area (Å²) < 4.78 is 24.3. The highest BCUT2D eigenvalue weighted by molar-refractivity contribution is 7.91. The van der Waals surface area contributed by atoms with Crippen molar-refractivity contribution >= 4 is 21.4 Å². The zero-order chi connectivity index (χ0) is 13.2. The molecule has 1 unspecified atom stereocenters. The molecule has 1 fully saturated rings. The lowest BCUT2D eigenvalue weighted by Gasteiger charge is -2.21. The summed E-state index contributed by atoms with van der Waals surface area (Å²) in [6.07, 6.45) is 3.38. The van der Waals surface area contributed by atoms with Crippen molar-refractivity contribution in [1.82, 2.24) is 15.3 Å². The van der Waals surface area contributed by atoms with E-state index in [1.165, 1.54) is 6.20 Å². The van der Waals surface area contributed by atoms with E-state index in [1.54, 1.807) is 6.92 Å². The fourth-order valence-electron chi connectivity index (χ4n) is 2.01. The van der Waals surface area contributed by atoms with E-state index in [1.807, 2.05) is 0 Å². The lowest BCUT2D eigenvalue weighted by molar-refractivity contribution is 0.403. The van der Waals surface area contributed by atoms with E-state index >= 15 is 0 Å². The maximum absolute atomic E-state index is 12.2. The van der Waals surface area contributed by atoms with E-state index in [9.17, 15) is 8.42 Å². The first kappa shape index (κ1) is 13.7. The van der Waals surface area contributed by atoms with Gasteiger partial charge >= 0.3 is 0 Å². The summed E-state index contributed by atoms with van der Waals surface area (Å²) in [5.41, 5.74) is 0.676. The molecule has 100 valence electrons. The van der Waals surface area contributed by atoms with Crippen molar-refractivity contribution in [3.63, 3.8) is 0 Å². The molecule has 1 aliphatic heterocycles. The molecule has 1 saturated heterocycles. The van der Waals surface area contributed by atoms with Gasteiger partial charge in [0.2, 0.25) is 15.0 Å². The molecule has 0 bridgehead atoms. The number of aromatic nitrogens is 2.